The monoisotopic (exact) mass is 143 g/mol. The van der Waals surface area contributed by atoms with Crippen LogP contribution in [0.15, 0.2) is 0 Å². The van der Waals surface area contributed by atoms with Crippen molar-refractivity contribution in [3.63, 3.8) is 0 Å². The molecule has 58 valence electrons. The molecule has 2 atom stereocenters. The van der Waals surface area contributed by atoms with E-state index in [0.29, 0.717) is 6.42 Å². The summed E-state index contributed by atoms with van der Waals surface area (Å²) < 4.78 is 0. The topological polar surface area (TPSA) is 63.3 Å². The van der Waals surface area contributed by atoms with Crippen LogP contribution in [0.4, 0.5) is 0 Å². The van der Waals surface area contributed by atoms with Crippen molar-refractivity contribution in [2.45, 2.75) is 32.2 Å². The molecule has 3 heteroatoms. The van der Waals surface area contributed by atoms with Crippen LogP contribution in [0, 0.1) is 5.41 Å². The SMILES string of the molecule is C[C@@]1(C(=O)O)CC[C@H](N)C1. The molecule has 1 aliphatic carbocycles. The van der Waals surface area contributed by atoms with Gasteiger partial charge in [-0.2, -0.15) is 0 Å². The van der Waals surface area contributed by atoms with E-state index in [1.807, 2.05) is 0 Å². The molecule has 3 nitrogen and oxygen atoms in total. The van der Waals surface area contributed by atoms with Crippen LogP contribution in [0.25, 0.3) is 0 Å². The van der Waals surface area contributed by atoms with E-state index >= 15 is 0 Å². The van der Waals surface area contributed by atoms with Gasteiger partial charge in [0.15, 0.2) is 0 Å². The lowest BCUT2D eigenvalue weighted by molar-refractivity contribution is -0.147. The molecule has 0 saturated heterocycles. The minimum absolute atomic E-state index is 0.0982. The molecule has 10 heavy (non-hydrogen) atoms. The second-order valence-corrected chi connectivity index (χ2v) is 3.37. The molecule has 0 aromatic heterocycles. The Morgan fingerprint density at radius 2 is 2.40 bits per heavy atom. The van der Waals surface area contributed by atoms with Crippen LogP contribution >= 0.6 is 0 Å². The van der Waals surface area contributed by atoms with Gasteiger partial charge in [0.1, 0.15) is 0 Å². The van der Waals surface area contributed by atoms with Gasteiger partial charge in [-0.3, -0.25) is 4.79 Å². The summed E-state index contributed by atoms with van der Waals surface area (Å²) in [7, 11) is 0. The van der Waals surface area contributed by atoms with E-state index < -0.39 is 11.4 Å². The Balaban J connectivity index is 2.63. The van der Waals surface area contributed by atoms with Crippen LogP contribution in [-0.4, -0.2) is 17.1 Å². The molecular weight excluding hydrogens is 130 g/mol. The van der Waals surface area contributed by atoms with Crippen molar-refractivity contribution in [2.24, 2.45) is 11.1 Å². The first-order chi connectivity index (χ1) is 4.54. The van der Waals surface area contributed by atoms with Crippen molar-refractivity contribution in [1.29, 1.82) is 0 Å². The highest BCUT2D eigenvalue weighted by Crippen LogP contribution is 2.36. The van der Waals surface area contributed by atoms with Gasteiger partial charge in [-0.05, 0) is 26.2 Å². The number of carboxylic acids is 1. The summed E-state index contributed by atoms with van der Waals surface area (Å²) in [6.45, 7) is 1.77. The molecular formula is C7H13NO2. The van der Waals surface area contributed by atoms with Crippen LogP contribution in [0.2, 0.25) is 0 Å². The van der Waals surface area contributed by atoms with Crippen molar-refractivity contribution >= 4 is 5.97 Å². The summed E-state index contributed by atoms with van der Waals surface area (Å²) in [5.41, 5.74) is 5.04. The summed E-state index contributed by atoms with van der Waals surface area (Å²) in [6.07, 6.45) is 2.20. The fourth-order valence-electron chi connectivity index (χ4n) is 1.48. The van der Waals surface area contributed by atoms with Crippen LogP contribution in [0.1, 0.15) is 26.2 Å². The zero-order valence-corrected chi connectivity index (χ0v) is 6.13. The second-order valence-electron chi connectivity index (χ2n) is 3.37. The van der Waals surface area contributed by atoms with E-state index in [1.165, 1.54) is 0 Å². The molecule has 0 bridgehead atoms. The van der Waals surface area contributed by atoms with Crippen LogP contribution in [-0.2, 0) is 4.79 Å². The Labute approximate surface area is 60.2 Å². The molecule has 0 aliphatic heterocycles. The second kappa shape index (κ2) is 2.23. The Hall–Kier alpha value is -0.570. The standard InChI is InChI=1S/C7H13NO2/c1-7(6(9)10)3-2-5(8)4-7/h5H,2-4,8H2,1H3,(H,9,10)/t5-,7+/m0/s1. The largest absolute Gasteiger partial charge is 0.481 e. The molecule has 0 spiro atoms. The number of aliphatic carboxylic acids is 1. The van der Waals surface area contributed by atoms with Crippen molar-refractivity contribution in [3.05, 3.63) is 0 Å². The van der Waals surface area contributed by atoms with Crippen molar-refractivity contribution in [3.8, 4) is 0 Å². The molecule has 1 rings (SSSR count). The van der Waals surface area contributed by atoms with Crippen molar-refractivity contribution < 1.29 is 9.90 Å². The highest BCUT2D eigenvalue weighted by molar-refractivity contribution is 5.74. The maximum absolute atomic E-state index is 10.6. The summed E-state index contributed by atoms with van der Waals surface area (Å²) in [5, 5.41) is 8.73. The predicted molar refractivity (Wildman–Crippen MR) is 37.6 cm³/mol. The molecule has 0 radical (unpaired) electrons. The Morgan fingerprint density at radius 1 is 1.80 bits per heavy atom. The first-order valence-electron chi connectivity index (χ1n) is 3.53. The van der Waals surface area contributed by atoms with Gasteiger partial charge < -0.3 is 10.8 Å². The third-order valence-electron chi connectivity index (χ3n) is 2.30. The van der Waals surface area contributed by atoms with E-state index in [9.17, 15) is 4.79 Å². The normalized spacial score (nSPS) is 40.0. The molecule has 0 amide bonds. The highest BCUT2D eigenvalue weighted by Gasteiger charge is 2.39. The molecule has 0 aromatic carbocycles. The lowest BCUT2D eigenvalue weighted by Crippen LogP contribution is -2.26. The first kappa shape index (κ1) is 7.54. The summed E-state index contributed by atoms with van der Waals surface area (Å²) in [5.74, 6) is -0.708. The minimum atomic E-state index is -0.708. The first-order valence-corrected chi connectivity index (χ1v) is 3.53. The van der Waals surface area contributed by atoms with Gasteiger partial charge in [-0.1, -0.05) is 0 Å². The third-order valence-corrected chi connectivity index (χ3v) is 2.30. The Morgan fingerprint density at radius 3 is 2.60 bits per heavy atom. The molecule has 0 unspecified atom stereocenters. The van der Waals surface area contributed by atoms with E-state index in [1.54, 1.807) is 6.92 Å². The molecule has 0 aromatic rings. The minimum Gasteiger partial charge on any atom is -0.481 e. The predicted octanol–water partition coefficient (Wildman–Crippen LogP) is 0.588. The number of nitrogens with two attached hydrogens (primary N) is 1. The number of carbonyl (C=O) groups is 1. The molecule has 1 saturated carbocycles. The average molecular weight is 143 g/mol. The number of hydrogen-bond donors (Lipinski definition) is 2. The van der Waals surface area contributed by atoms with Gasteiger partial charge in [-0.25, -0.2) is 0 Å². The van der Waals surface area contributed by atoms with Crippen LogP contribution in [0.5, 0.6) is 0 Å². The third kappa shape index (κ3) is 1.14. The van der Waals surface area contributed by atoms with Gasteiger partial charge in [0.05, 0.1) is 5.41 Å². The smallest absolute Gasteiger partial charge is 0.309 e. The molecule has 3 N–H and O–H groups in total. The lowest BCUT2D eigenvalue weighted by atomic mass is 9.89. The Kier molecular flexibility index (Phi) is 1.68. The summed E-state index contributed by atoms with van der Waals surface area (Å²) in [4.78, 5) is 10.6. The highest BCUT2D eigenvalue weighted by atomic mass is 16.4. The van der Waals surface area contributed by atoms with E-state index in [2.05, 4.69) is 0 Å². The molecule has 1 fully saturated rings. The lowest BCUT2D eigenvalue weighted by Gasteiger charge is -2.16. The van der Waals surface area contributed by atoms with Gasteiger partial charge >= 0.3 is 5.97 Å². The zero-order valence-electron chi connectivity index (χ0n) is 6.13. The van der Waals surface area contributed by atoms with E-state index in [-0.39, 0.29) is 6.04 Å². The maximum Gasteiger partial charge on any atom is 0.309 e. The zero-order chi connectivity index (χ0) is 7.78. The fourth-order valence-corrected chi connectivity index (χ4v) is 1.48. The quantitative estimate of drug-likeness (QED) is 0.564. The average Bonchev–Trinajstić information content (AvgIpc) is 2.13. The van der Waals surface area contributed by atoms with E-state index in [4.69, 9.17) is 10.8 Å². The van der Waals surface area contributed by atoms with Gasteiger partial charge in [0.25, 0.3) is 0 Å². The van der Waals surface area contributed by atoms with Crippen LogP contribution < -0.4 is 5.73 Å². The molecule has 0 heterocycles. The Bertz CT molecular complexity index is 158. The van der Waals surface area contributed by atoms with E-state index in [0.717, 1.165) is 12.8 Å². The van der Waals surface area contributed by atoms with Crippen molar-refractivity contribution in [2.75, 3.05) is 0 Å². The number of carboxylic acid groups (broad SMARTS) is 1. The number of hydrogen-bond acceptors (Lipinski definition) is 2. The van der Waals surface area contributed by atoms with Gasteiger partial charge in [-0.15, -0.1) is 0 Å². The summed E-state index contributed by atoms with van der Waals surface area (Å²) >= 11 is 0. The maximum atomic E-state index is 10.6. The van der Waals surface area contributed by atoms with Gasteiger partial charge in [0, 0.05) is 6.04 Å². The number of rotatable bonds is 1. The summed E-state index contributed by atoms with van der Waals surface area (Å²) in [6, 6.07) is 0.0982. The van der Waals surface area contributed by atoms with Gasteiger partial charge in [0.2, 0.25) is 0 Å². The van der Waals surface area contributed by atoms with Crippen molar-refractivity contribution in [1.82, 2.24) is 0 Å². The van der Waals surface area contributed by atoms with Crippen LogP contribution in [0.3, 0.4) is 0 Å². The fraction of sp³-hybridized carbons (Fsp3) is 0.857. The molecule has 1 aliphatic rings.